The highest BCUT2D eigenvalue weighted by Crippen LogP contribution is 2.35. The van der Waals surface area contributed by atoms with E-state index in [1.165, 1.54) is 0 Å². The number of anilines is 2. The highest BCUT2D eigenvalue weighted by Gasteiger charge is 2.37. The number of nitrogens with zero attached hydrogens (tertiary/aromatic N) is 5. The largest absolute Gasteiger partial charge is 0.376 e. The fourth-order valence-electron chi connectivity index (χ4n) is 6.11. The maximum absolute atomic E-state index is 12.2. The van der Waals surface area contributed by atoms with Gasteiger partial charge in [0.15, 0.2) is 5.65 Å². The van der Waals surface area contributed by atoms with E-state index in [2.05, 4.69) is 21.2 Å². The monoisotopic (exact) mass is 486 g/mol. The van der Waals surface area contributed by atoms with Crippen LogP contribution in [0.1, 0.15) is 29.6 Å². The molecule has 2 aromatic heterocycles. The van der Waals surface area contributed by atoms with Crippen molar-refractivity contribution in [2.24, 2.45) is 5.92 Å². The molecule has 4 aliphatic rings. The molecule has 1 N–H and O–H groups in total. The van der Waals surface area contributed by atoms with E-state index in [9.17, 15) is 4.79 Å². The zero-order valence-corrected chi connectivity index (χ0v) is 20.4. The first-order chi connectivity index (χ1) is 17.6. The van der Waals surface area contributed by atoms with E-state index < -0.39 is 0 Å². The van der Waals surface area contributed by atoms with Crippen molar-refractivity contribution < 1.29 is 14.3 Å². The summed E-state index contributed by atoms with van der Waals surface area (Å²) in [6.45, 7) is 4.22. The maximum atomic E-state index is 12.2. The number of amides is 1. The number of morpholine rings is 1. The quantitative estimate of drug-likeness (QED) is 0.602. The number of fused-ring (bicyclic) bond motifs is 5. The number of benzene rings is 1. The van der Waals surface area contributed by atoms with Gasteiger partial charge in [-0.2, -0.15) is 9.97 Å². The van der Waals surface area contributed by atoms with E-state index >= 15 is 0 Å². The van der Waals surface area contributed by atoms with Gasteiger partial charge < -0.3 is 24.6 Å². The number of hydrogen-bond acceptors (Lipinski definition) is 8. The molecule has 4 fully saturated rings. The molecule has 36 heavy (non-hydrogen) atoms. The summed E-state index contributed by atoms with van der Waals surface area (Å²) in [5.74, 6) is 2.08. The van der Waals surface area contributed by atoms with Crippen LogP contribution in [0.2, 0.25) is 0 Å². The minimum Gasteiger partial charge on any atom is -0.376 e. The summed E-state index contributed by atoms with van der Waals surface area (Å²) in [6.07, 6.45) is 4.08. The first-order valence-electron chi connectivity index (χ1n) is 12.9. The number of piperidine rings is 1. The summed E-state index contributed by atoms with van der Waals surface area (Å²) < 4.78 is 12.0. The average Bonchev–Trinajstić information content (AvgIpc) is 3.45. The van der Waals surface area contributed by atoms with E-state index in [-0.39, 0.29) is 24.2 Å². The highest BCUT2D eigenvalue weighted by atomic mass is 16.5. The van der Waals surface area contributed by atoms with Crippen molar-refractivity contribution in [3.63, 3.8) is 0 Å². The Morgan fingerprint density at radius 1 is 0.972 bits per heavy atom. The van der Waals surface area contributed by atoms with Crippen LogP contribution < -0.4 is 15.1 Å². The SMILES string of the molecule is CNC(=O)c1cccc(-c2ccc3c(N4CC5COC(C5)C4)nc(N4CC5CCC(C4)O5)nc3n2)c1. The standard InChI is InChI=1S/C27H30N6O3/c1-28-26(34)18-4-2-3-17(10-18)23-8-7-22-24(29-23)30-27(33-12-19-5-6-20(13-33)36-19)31-25(22)32-11-16-9-21(14-32)35-15-16/h2-4,7-8,10,16,19-21H,5-6,9,11-15H2,1H3,(H,28,34). The molecule has 9 nitrogen and oxygen atoms in total. The maximum Gasteiger partial charge on any atom is 0.251 e. The van der Waals surface area contributed by atoms with Gasteiger partial charge in [-0.1, -0.05) is 12.1 Å². The van der Waals surface area contributed by atoms with E-state index in [0.717, 1.165) is 80.5 Å². The molecular weight excluding hydrogens is 456 g/mol. The Morgan fingerprint density at radius 2 is 1.81 bits per heavy atom. The van der Waals surface area contributed by atoms with Crippen molar-refractivity contribution >= 4 is 28.7 Å². The van der Waals surface area contributed by atoms with Gasteiger partial charge in [0.2, 0.25) is 5.95 Å². The predicted molar refractivity (Wildman–Crippen MR) is 136 cm³/mol. The van der Waals surface area contributed by atoms with Gasteiger partial charge in [-0.25, -0.2) is 4.98 Å². The molecule has 0 radical (unpaired) electrons. The summed E-state index contributed by atoms with van der Waals surface area (Å²) >= 11 is 0. The fraction of sp³-hybridized carbons (Fsp3) is 0.481. The molecule has 3 aromatic rings. The minimum absolute atomic E-state index is 0.117. The summed E-state index contributed by atoms with van der Waals surface area (Å²) in [6, 6.07) is 11.6. The molecule has 4 bridgehead atoms. The number of nitrogens with one attached hydrogen (secondary N) is 1. The number of hydrogen-bond donors (Lipinski definition) is 1. The normalized spacial score (nSPS) is 27.0. The number of carbonyl (C=O) groups excluding carboxylic acids is 1. The van der Waals surface area contributed by atoms with Gasteiger partial charge in [-0.15, -0.1) is 0 Å². The number of carbonyl (C=O) groups is 1. The van der Waals surface area contributed by atoms with E-state index in [4.69, 9.17) is 24.4 Å². The molecule has 0 aliphatic carbocycles. The Morgan fingerprint density at radius 3 is 2.61 bits per heavy atom. The van der Waals surface area contributed by atoms with Crippen molar-refractivity contribution in [3.8, 4) is 11.3 Å². The Labute approximate surface area is 209 Å². The zero-order valence-electron chi connectivity index (χ0n) is 20.4. The molecule has 4 atom stereocenters. The van der Waals surface area contributed by atoms with E-state index in [1.54, 1.807) is 13.1 Å². The lowest BCUT2D eigenvalue weighted by Gasteiger charge is -2.35. The molecular formula is C27H30N6O3. The first-order valence-corrected chi connectivity index (χ1v) is 12.9. The van der Waals surface area contributed by atoms with Gasteiger partial charge in [-0.05, 0) is 43.5 Å². The van der Waals surface area contributed by atoms with Crippen molar-refractivity contribution in [1.29, 1.82) is 0 Å². The smallest absolute Gasteiger partial charge is 0.251 e. The van der Waals surface area contributed by atoms with Crippen molar-refractivity contribution in [2.75, 3.05) is 49.6 Å². The van der Waals surface area contributed by atoms with E-state index in [1.807, 2.05) is 24.3 Å². The summed E-state index contributed by atoms with van der Waals surface area (Å²) in [4.78, 5) is 31.9. The molecule has 0 saturated carbocycles. The molecule has 1 aromatic carbocycles. The van der Waals surface area contributed by atoms with Gasteiger partial charge in [0, 0.05) is 50.3 Å². The lowest BCUT2D eigenvalue weighted by Crippen LogP contribution is -2.44. The van der Waals surface area contributed by atoms with Gasteiger partial charge in [0.25, 0.3) is 5.91 Å². The minimum atomic E-state index is -0.117. The summed E-state index contributed by atoms with van der Waals surface area (Å²) in [5.41, 5.74) is 2.95. The molecule has 6 heterocycles. The molecule has 7 rings (SSSR count). The molecule has 1 amide bonds. The molecule has 4 aliphatic heterocycles. The number of pyridine rings is 1. The zero-order chi connectivity index (χ0) is 24.2. The lowest BCUT2D eigenvalue weighted by molar-refractivity contribution is 0.0299. The van der Waals surface area contributed by atoms with Crippen LogP contribution in [0.5, 0.6) is 0 Å². The lowest BCUT2D eigenvalue weighted by atomic mass is 10.00. The topological polar surface area (TPSA) is 92.7 Å². The molecule has 4 saturated heterocycles. The Balaban J connectivity index is 1.32. The second-order valence-electron chi connectivity index (χ2n) is 10.4. The molecule has 186 valence electrons. The average molecular weight is 487 g/mol. The molecule has 9 heteroatoms. The van der Waals surface area contributed by atoms with Gasteiger partial charge in [0.1, 0.15) is 5.82 Å². The first kappa shape index (κ1) is 21.9. The van der Waals surface area contributed by atoms with Gasteiger partial charge in [-0.3, -0.25) is 4.79 Å². The van der Waals surface area contributed by atoms with Crippen LogP contribution in [0, 0.1) is 5.92 Å². The van der Waals surface area contributed by atoms with Crippen molar-refractivity contribution in [1.82, 2.24) is 20.3 Å². The number of ether oxygens (including phenoxy) is 2. The van der Waals surface area contributed by atoms with Crippen LogP contribution in [0.15, 0.2) is 36.4 Å². The van der Waals surface area contributed by atoms with Crippen LogP contribution in [-0.4, -0.2) is 79.0 Å². The van der Waals surface area contributed by atoms with Crippen LogP contribution in [-0.2, 0) is 9.47 Å². The van der Waals surface area contributed by atoms with Crippen LogP contribution in [0.25, 0.3) is 22.3 Å². The Hall–Kier alpha value is -3.30. The van der Waals surface area contributed by atoms with Crippen molar-refractivity contribution in [2.45, 2.75) is 37.6 Å². The van der Waals surface area contributed by atoms with Gasteiger partial charge in [0.05, 0.1) is 36.0 Å². The Kier molecular flexibility index (Phi) is 5.28. The van der Waals surface area contributed by atoms with Crippen molar-refractivity contribution in [3.05, 3.63) is 42.0 Å². The molecule has 0 spiro atoms. The third kappa shape index (κ3) is 3.87. The molecule has 4 unspecified atom stereocenters. The fourth-order valence-corrected chi connectivity index (χ4v) is 6.11. The summed E-state index contributed by atoms with van der Waals surface area (Å²) in [7, 11) is 1.64. The van der Waals surface area contributed by atoms with Crippen LogP contribution >= 0.6 is 0 Å². The van der Waals surface area contributed by atoms with Gasteiger partial charge >= 0.3 is 0 Å². The Bertz CT molecular complexity index is 1310. The van der Waals surface area contributed by atoms with Crippen LogP contribution in [0.4, 0.5) is 11.8 Å². The third-order valence-corrected chi connectivity index (χ3v) is 7.87. The second-order valence-corrected chi connectivity index (χ2v) is 10.4. The third-order valence-electron chi connectivity index (χ3n) is 7.87. The second kappa shape index (κ2) is 8.67. The van der Waals surface area contributed by atoms with Crippen LogP contribution in [0.3, 0.4) is 0 Å². The highest BCUT2D eigenvalue weighted by molar-refractivity contribution is 5.95. The van der Waals surface area contributed by atoms with E-state index in [0.29, 0.717) is 17.1 Å². The predicted octanol–water partition coefficient (Wildman–Crippen LogP) is 2.64. The number of aromatic nitrogens is 3. The number of rotatable bonds is 4. The summed E-state index contributed by atoms with van der Waals surface area (Å²) in [5, 5.41) is 3.64.